The molecule has 2 saturated heterocycles. The molecule has 2 aliphatic heterocycles. The molecule has 50 heavy (non-hydrogen) atoms. The lowest BCUT2D eigenvalue weighted by atomic mass is 9.60. The Morgan fingerprint density at radius 3 is 2.08 bits per heavy atom. The van der Waals surface area contributed by atoms with Crippen LogP contribution >= 0.6 is 0 Å². The van der Waals surface area contributed by atoms with Crippen LogP contribution in [0.1, 0.15) is 65.5 Å². The minimum atomic E-state index is -1.61. The van der Waals surface area contributed by atoms with Gasteiger partial charge in [0, 0.05) is 46.0 Å². The van der Waals surface area contributed by atoms with E-state index in [0.717, 1.165) is 33.3 Å². The van der Waals surface area contributed by atoms with E-state index in [-0.39, 0.29) is 18.0 Å². The molecule has 1 aromatic rings. The van der Waals surface area contributed by atoms with E-state index in [1.165, 1.54) is 4.90 Å². The van der Waals surface area contributed by atoms with Crippen LogP contribution in [-0.4, -0.2) is 106 Å². The highest BCUT2D eigenvalue weighted by Crippen LogP contribution is 2.51. The molecule has 1 aromatic carbocycles. The fraction of sp³-hybridized carbons (Fsp3) is 0.618. The van der Waals surface area contributed by atoms with Crippen molar-refractivity contribution in [3.8, 4) is 0 Å². The molecule has 2 amide bonds. The number of amides is 2. The van der Waals surface area contributed by atoms with Gasteiger partial charge in [0.2, 0.25) is 17.9 Å². The number of rotatable bonds is 9. The van der Waals surface area contributed by atoms with E-state index in [4.69, 9.17) is 28.5 Å². The minimum absolute atomic E-state index is 0.155. The number of likely N-dealkylation sites (tertiary alicyclic amines) is 1. The maximum absolute atomic E-state index is 14.0. The number of imide groups is 1. The van der Waals surface area contributed by atoms with Crippen LogP contribution in [0.2, 0.25) is 0 Å². The average molecular weight is 703 g/mol. The van der Waals surface area contributed by atoms with Gasteiger partial charge in [-0.05, 0) is 25.3 Å². The van der Waals surface area contributed by atoms with Crippen LogP contribution in [0.25, 0.3) is 0 Å². The number of ether oxygens (including phenoxy) is 5. The molecule has 16 nitrogen and oxygen atoms in total. The third-order valence-electron chi connectivity index (χ3n) is 9.70. The van der Waals surface area contributed by atoms with Crippen molar-refractivity contribution in [2.75, 3.05) is 6.61 Å². The number of nitrogens with zero attached hydrogens (tertiary/aromatic N) is 2. The van der Waals surface area contributed by atoms with Crippen molar-refractivity contribution in [1.82, 2.24) is 4.90 Å². The molecule has 0 spiro atoms. The molecular weight excluding hydrogens is 660 g/mol. The lowest BCUT2D eigenvalue weighted by Gasteiger charge is -2.46. The Hall–Kier alpha value is -4.41. The summed E-state index contributed by atoms with van der Waals surface area (Å²) in [7, 11) is 0. The number of hydrogen-bond donors (Lipinski definition) is 2. The van der Waals surface area contributed by atoms with Crippen molar-refractivity contribution in [2.45, 2.75) is 103 Å². The van der Waals surface area contributed by atoms with Gasteiger partial charge in [-0.1, -0.05) is 35.5 Å². The summed E-state index contributed by atoms with van der Waals surface area (Å²) >= 11 is 0. The van der Waals surface area contributed by atoms with Crippen molar-refractivity contribution in [3.05, 3.63) is 35.9 Å². The fourth-order valence-electron chi connectivity index (χ4n) is 7.65. The molecule has 2 saturated carbocycles. The van der Waals surface area contributed by atoms with Crippen molar-refractivity contribution >= 4 is 41.4 Å². The number of esters is 4. The van der Waals surface area contributed by atoms with Gasteiger partial charge in [-0.25, -0.2) is 0 Å². The Morgan fingerprint density at radius 1 is 0.860 bits per heavy atom. The Kier molecular flexibility index (Phi) is 11.2. The van der Waals surface area contributed by atoms with Gasteiger partial charge in [0.05, 0.1) is 35.8 Å². The molecule has 0 radical (unpaired) electrons. The first-order valence-corrected chi connectivity index (χ1v) is 16.5. The SMILES string of the molecule is CC(=O)OC[C@H]1O[C@@H](O/N=C2\C[C@@H](O)[C@@H](O)[C@@H]3[C@@H]4C(=O)N([C@@H](C)c5ccccc5)C(=O)[C@@H]4CC[C@@H]23)[C@H](OC(C)=O)[C@@H](OC(C)=O)[C@@H]1OC(C)=O. The molecule has 4 aliphatic rings. The number of carbonyl (C=O) groups excluding carboxylic acids is 6. The highest BCUT2D eigenvalue weighted by Gasteiger charge is 2.61. The Morgan fingerprint density at radius 2 is 1.46 bits per heavy atom. The van der Waals surface area contributed by atoms with Gasteiger partial charge in [0.15, 0.2) is 12.2 Å². The molecule has 0 unspecified atom stereocenters. The van der Waals surface area contributed by atoms with Crippen LogP contribution in [0.15, 0.2) is 35.5 Å². The zero-order chi connectivity index (χ0) is 36.4. The Labute approximate surface area is 287 Å². The van der Waals surface area contributed by atoms with Gasteiger partial charge in [-0.3, -0.25) is 33.7 Å². The molecule has 4 fully saturated rings. The summed E-state index contributed by atoms with van der Waals surface area (Å²) in [6.45, 7) is 5.71. The van der Waals surface area contributed by atoms with Crippen LogP contribution in [0, 0.1) is 23.7 Å². The molecule has 0 aromatic heterocycles. The molecule has 0 bridgehead atoms. The second kappa shape index (κ2) is 15.2. The molecule has 272 valence electrons. The normalized spacial score (nSPS) is 35.0. The van der Waals surface area contributed by atoms with Crippen LogP contribution in [0.5, 0.6) is 0 Å². The van der Waals surface area contributed by atoms with Crippen molar-refractivity contribution < 1.29 is 67.5 Å². The minimum Gasteiger partial charge on any atom is -0.463 e. The molecule has 16 heteroatoms. The van der Waals surface area contributed by atoms with E-state index in [0.29, 0.717) is 12.8 Å². The number of fused-ring (bicyclic) bond motifs is 3. The van der Waals surface area contributed by atoms with Crippen LogP contribution in [0.4, 0.5) is 0 Å². The Bertz CT molecular complexity index is 1520. The summed E-state index contributed by atoms with van der Waals surface area (Å²) in [4.78, 5) is 82.7. The van der Waals surface area contributed by atoms with E-state index in [2.05, 4.69) is 5.16 Å². The molecule has 12 atom stereocenters. The van der Waals surface area contributed by atoms with Crippen molar-refractivity contribution in [2.24, 2.45) is 28.8 Å². The maximum Gasteiger partial charge on any atom is 0.303 e. The Balaban J connectivity index is 1.45. The maximum atomic E-state index is 14.0. The van der Waals surface area contributed by atoms with Gasteiger partial charge < -0.3 is 38.7 Å². The number of aliphatic hydroxyl groups is 2. The quantitative estimate of drug-likeness (QED) is 0.159. The lowest BCUT2D eigenvalue weighted by Crippen LogP contribution is -2.62. The van der Waals surface area contributed by atoms with E-state index in [9.17, 15) is 39.0 Å². The second-order valence-electron chi connectivity index (χ2n) is 13.0. The predicted molar refractivity (Wildman–Crippen MR) is 167 cm³/mol. The fourth-order valence-corrected chi connectivity index (χ4v) is 7.65. The molecule has 2 aliphatic carbocycles. The number of benzene rings is 1. The summed E-state index contributed by atoms with van der Waals surface area (Å²) in [5.74, 6) is -7.00. The topological polar surface area (TPSA) is 214 Å². The highest BCUT2D eigenvalue weighted by atomic mass is 16.8. The first kappa shape index (κ1) is 36.9. The summed E-state index contributed by atoms with van der Waals surface area (Å²) in [6, 6.07) is 8.56. The largest absolute Gasteiger partial charge is 0.463 e. The van der Waals surface area contributed by atoms with E-state index in [1.54, 1.807) is 6.92 Å². The van der Waals surface area contributed by atoms with Gasteiger partial charge in [-0.2, -0.15) is 0 Å². The predicted octanol–water partition coefficient (Wildman–Crippen LogP) is 0.956. The summed E-state index contributed by atoms with van der Waals surface area (Å²) in [6.07, 6.45) is -9.52. The van der Waals surface area contributed by atoms with E-state index < -0.39 is 109 Å². The first-order valence-electron chi connectivity index (χ1n) is 16.5. The summed E-state index contributed by atoms with van der Waals surface area (Å²) in [5.41, 5.74) is 1.03. The third kappa shape index (κ3) is 7.51. The van der Waals surface area contributed by atoms with E-state index >= 15 is 0 Å². The van der Waals surface area contributed by atoms with Crippen LogP contribution in [-0.2, 0) is 57.3 Å². The van der Waals surface area contributed by atoms with Gasteiger partial charge in [0.1, 0.15) is 12.7 Å². The van der Waals surface area contributed by atoms with Crippen molar-refractivity contribution in [1.29, 1.82) is 0 Å². The molecule has 2 N–H and O–H groups in total. The highest BCUT2D eigenvalue weighted by molar-refractivity contribution is 6.06. The zero-order valence-corrected chi connectivity index (χ0v) is 28.3. The summed E-state index contributed by atoms with van der Waals surface area (Å²) in [5, 5.41) is 26.5. The van der Waals surface area contributed by atoms with Gasteiger partial charge in [0.25, 0.3) is 6.29 Å². The number of aliphatic hydroxyl groups excluding tert-OH is 2. The third-order valence-corrected chi connectivity index (χ3v) is 9.70. The smallest absolute Gasteiger partial charge is 0.303 e. The van der Waals surface area contributed by atoms with Crippen molar-refractivity contribution in [3.63, 3.8) is 0 Å². The van der Waals surface area contributed by atoms with Gasteiger partial charge >= 0.3 is 23.9 Å². The monoisotopic (exact) mass is 702 g/mol. The summed E-state index contributed by atoms with van der Waals surface area (Å²) < 4.78 is 27.3. The zero-order valence-electron chi connectivity index (χ0n) is 28.3. The molecule has 2 heterocycles. The number of carbonyl (C=O) groups is 6. The molecule has 5 rings (SSSR count). The number of hydrogen-bond acceptors (Lipinski definition) is 15. The first-order chi connectivity index (χ1) is 23.7. The van der Waals surface area contributed by atoms with E-state index in [1.807, 2.05) is 30.3 Å². The van der Waals surface area contributed by atoms with Crippen LogP contribution < -0.4 is 0 Å². The molecular formula is C34H42N2O14. The lowest BCUT2D eigenvalue weighted by molar-refractivity contribution is -0.308. The standard InChI is InChI=1S/C34H42N2O14/c1-15(20-9-7-6-8-10-20)36-32(43)22-12-11-21-23(13-24(41)28(42)26(21)27(22)33(36)44)35-50-34-31(48-19(5)40)30(47-18(4)39)29(46-17(3)38)25(49-34)14-45-16(2)37/h6-10,15,21-22,24-31,34,41-42H,11-14H2,1-5H3/b35-23+/t15-,21-,22+,24+,25+,26-,27+,28+,29+,30-,31+,34-/m0/s1. The van der Waals surface area contributed by atoms with Crippen LogP contribution in [0.3, 0.4) is 0 Å². The number of oxime groups is 1. The van der Waals surface area contributed by atoms with Gasteiger partial charge in [-0.15, -0.1) is 0 Å². The average Bonchev–Trinajstić information content (AvgIpc) is 3.31. The second-order valence-corrected chi connectivity index (χ2v) is 13.0.